The van der Waals surface area contributed by atoms with Crippen molar-refractivity contribution in [1.29, 1.82) is 0 Å². The molecule has 2 aromatic carbocycles. The summed E-state index contributed by atoms with van der Waals surface area (Å²) < 4.78 is 13.1. The molecule has 3 aliphatic heterocycles. The fourth-order valence-corrected chi connectivity index (χ4v) is 6.24. The Balaban J connectivity index is 1.33. The van der Waals surface area contributed by atoms with Crippen LogP contribution in [0.25, 0.3) is 11.1 Å². The van der Waals surface area contributed by atoms with Crippen LogP contribution < -0.4 is 0 Å². The van der Waals surface area contributed by atoms with Gasteiger partial charge in [-0.15, -0.1) is 0 Å². The summed E-state index contributed by atoms with van der Waals surface area (Å²) >= 11 is 0. The molecule has 144 valence electrons. The normalized spacial score (nSPS) is 34.9. The molecule has 0 saturated carbocycles. The number of ether oxygens (including phenoxy) is 2. The summed E-state index contributed by atoms with van der Waals surface area (Å²) in [5, 5.41) is 0. The van der Waals surface area contributed by atoms with Crippen LogP contribution in [-0.2, 0) is 19.7 Å². The van der Waals surface area contributed by atoms with Crippen LogP contribution in [-0.4, -0.2) is 54.9 Å². The number of carbonyl (C=O) groups excluding carboxylic acids is 1. The molecule has 0 amide bonds. The number of hydrogen-bond acceptors (Lipinski definition) is 3. The molecule has 4 aliphatic rings. The predicted octanol–water partition coefficient (Wildman–Crippen LogP) is 3.27. The highest BCUT2D eigenvalue weighted by Crippen LogP contribution is 2.53. The molecule has 3 heterocycles. The van der Waals surface area contributed by atoms with Gasteiger partial charge in [-0.1, -0.05) is 48.5 Å². The van der Waals surface area contributed by atoms with E-state index in [-0.39, 0.29) is 12.1 Å². The summed E-state index contributed by atoms with van der Waals surface area (Å²) in [7, 11) is 4.60. The summed E-state index contributed by atoms with van der Waals surface area (Å²) in [5.41, 5.74) is 3.67. The highest BCUT2D eigenvalue weighted by molar-refractivity contribution is 5.97. The van der Waals surface area contributed by atoms with E-state index in [0.717, 1.165) is 39.6 Å². The van der Waals surface area contributed by atoms with E-state index in [0.29, 0.717) is 24.3 Å². The number of carbonyl (C=O) groups is 1. The Morgan fingerprint density at radius 2 is 1.46 bits per heavy atom. The van der Waals surface area contributed by atoms with E-state index in [9.17, 15) is 4.79 Å². The lowest BCUT2D eigenvalue weighted by atomic mass is 9.80. The van der Waals surface area contributed by atoms with Gasteiger partial charge < -0.3 is 14.0 Å². The Kier molecular flexibility index (Phi) is 3.14. The molecule has 0 aromatic heterocycles. The van der Waals surface area contributed by atoms with Gasteiger partial charge in [0.15, 0.2) is 0 Å². The maximum atomic E-state index is 13.6. The topological polar surface area (TPSA) is 38.8 Å². The second-order valence-corrected chi connectivity index (χ2v) is 9.54. The molecular weight excluding hydrogens is 350 g/mol. The number of fused-ring (bicyclic) bond motifs is 8. The summed E-state index contributed by atoms with van der Waals surface area (Å²) in [6.45, 7) is 2.03. The first-order valence-corrected chi connectivity index (χ1v) is 10.3. The van der Waals surface area contributed by atoms with Crippen molar-refractivity contribution in [2.45, 2.75) is 55.6 Å². The number of nitrogens with zero attached hydrogens (tertiary/aromatic N) is 1. The van der Waals surface area contributed by atoms with Crippen molar-refractivity contribution in [2.24, 2.45) is 0 Å². The summed E-state index contributed by atoms with van der Waals surface area (Å²) in [5.74, 6) is -0.115. The average molecular weight is 376 g/mol. The maximum absolute atomic E-state index is 13.6. The lowest BCUT2D eigenvalue weighted by molar-refractivity contribution is -0.938. The molecule has 4 unspecified atom stereocenters. The van der Waals surface area contributed by atoms with Crippen LogP contribution in [0, 0.1) is 0 Å². The maximum Gasteiger partial charge on any atom is 0.321 e. The number of hydrogen-bond donors (Lipinski definition) is 0. The average Bonchev–Trinajstić information content (AvgIpc) is 3.40. The van der Waals surface area contributed by atoms with Crippen molar-refractivity contribution < 1.29 is 18.8 Å². The summed E-state index contributed by atoms with van der Waals surface area (Å²) in [6, 6.07) is 17.4. The third kappa shape index (κ3) is 1.95. The number of quaternary nitrogens is 1. The highest BCUT2D eigenvalue weighted by Gasteiger charge is 2.71. The van der Waals surface area contributed by atoms with Gasteiger partial charge in [-0.2, -0.15) is 0 Å². The molecule has 6 rings (SSSR count). The van der Waals surface area contributed by atoms with E-state index >= 15 is 0 Å². The second-order valence-electron chi connectivity index (χ2n) is 9.54. The molecule has 1 aliphatic carbocycles. The van der Waals surface area contributed by atoms with Gasteiger partial charge in [-0.05, 0) is 29.2 Å². The molecule has 2 aromatic rings. The van der Waals surface area contributed by atoms with E-state index in [2.05, 4.69) is 38.4 Å². The van der Waals surface area contributed by atoms with E-state index in [1.165, 1.54) is 0 Å². The molecule has 0 N–H and O–H groups in total. The zero-order valence-electron chi connectivity index (χ0n) is 16.6. The first-order chi connectivity index (χ1) is 13.4. The minimum atomic E-state index is -0.743. The summed E-state index contributed by atoms with van der Waals surface area (Å²) in [4.78, 5) is 13.6. The number of benzene rings is 2. The van der Waals surface area contributed by atoms with Crippen LogP contribution in [0.4, 0.5) is 0 Å². The van der Waals surface area contributed by atoms with Crippen molar-refractivity contribution in [3.05, 3.63) is 59.7 Å². The Hall–Kier alpha value is -2.17. The smallest absolute Gasteiger partial charge is 0.321 e. The summed E-state index contributed by atoms with van der Waals surface area (Å²) in [6.07, 6.45) is 2.52. The zero-order valence-corrected chi connectivity index (χ0v) is 16.6. The van der Waals surface area contributed by atoms with Gasteiger partial charge in [0.1, 0.15) is 35.8 Å². The number of esters is 1. The predicted molar refractivity (Wildman–Crippen MR) is 106 cm³/mol. The van der Waals surface area contributed by atoms with Crippen LogP contribution >= 0.6 is 0 Å². The Bertz CT molecular complexity index is 931. The third-order valence-corrected chi connectivity index (χ3v) is 7.94. The largest absolute Gasteiger partial charge is 0.461 e. The molecule has 0 radical (unpaired) electrons. The number of epoxide rings is 1. The Morgan fingerprint density at radius 3 is 2.00 bits per heavy atom. The molecule has 3 saturated heterocycles. The van der Waals surface area contributed by atoms with Gasteiger partial charge in [0, 0.05) is 12.8 Å². The van der Waals surface area contributed by atoms with Crippen LogP contribution in [0.5, 0.6) is 0 Å². The highest BCUT2D eigenvalue weighted by atomic mass is 16.6. The molecule has 0 spiro atoms. The zero-order chi connectivity index (χ0) is 19.3. The van der Waals surface area contributed by atoms with Crippen molar-refractivity contribution in [2.75, 3.05) is 14.1 Å². The van der Waals surface area contributed by atoms with E-state index < -0.39 is 5.41 Å². The van der Waals surface area contributed by atoms with Crippen LogP contribution in [0.1, 0.15) is 30.9 Å². The quantitative estimate of drug-likeness (QED) is 0.459. The van der Waals surface area contributed by atoms with Crippen LogP contribution in [0.2, 0.25) is 0 Å². The fourth-order valence-electron chi connectivity index (χ4n) is 6.24. The van der Waals surface area contributed by atoms with E-state index in [1.54, 1.807) is 0 Å². The van der Waals surface area contributed by atoms with Gasteiger partial charge in [-0.25, -0.2) is 0 Å². The van der Waals surface area contributed by atoms with E-state index in [1.807, 2.05) is 31.2 Å². The van der Waals surface area contributed by atoms with Crippen molar-refractivity contribution >= 4 is 5.97 Å². The minimum Gasteiger partial charge on any atom is -0.461 e. The standard InChI is InChI=1S/C24H26NO3/c1-24(17-10-6-4-8-15(17)16-9-5-7-11-18(16)24)23(26)27-14-12-19-21-22(28-21)20(13-14)25(19,2)3/h4-11,14,19-22H,12-13H2,1-3H3/q+1/t14?,19?,20?,21-,22?/m0/s1. The van der Waals surface area contributed by atoms with Crippen molar-refractivity contribution in [1.82, 2.24) is 0 Å². The van der Waals surface area contributed by atoms with Gasteiger partial charge in [0.2, 0.25) is 0 Å². The molecule has 5 atom stereocenters. The molecule has 4 nitrogen and oxygen atoms in total. The van der Waals surface area contributed by atoms with Gasteiger partial charge in [0.05, 0.1) is 14.1 Å². The molecular formula is C24H26NO3+. The molecule has 3 fully saturated rings. The fraction of sp³-hybridized carbons (Fsp3) is 0.458. The minimum absolute atomic E-state index is 0.0122. The van der Waals surface area contributed by atoms with Crippen molar-refractivity contribution in [3.8, 4) is 11.1 Å². The molecule has 4 heteroatoms. The molecule has 28 heavy (non-hydrogen) atoms. The Labute approximate surface area is 165 Å². The first-order valence-electron chi connectivity index (χ1n) is 10.3. The van der Waals surface area contributed by atoms with Gasteiger partial charge in [-0.3, -0.25) is 4.79 Å². The Morgan fingerprint density at radius 1 is 0.964 bits per heavy atom. The van der Waals surface area contributed by atoms with Crippen molar-refractivity contribution in [3.63, 3.8) is 0 Å². The monoisotopic (exact) mass is 376 g/mol. The number of piperidine rings is 1. The van der Waals surface area contributed by atoms with Gasteiger partial charge >= 0.3 is 5.97 Å². The number of morpholine rings is 1. The van der Waals surface area contributed by atoms with Crippen LogP contribution in [0.15, 0.2) is 48.5 Å². The lowest BCUT2D eigenvalue weighted by Gasteiger charge is -2.45. The SMILES string of the molecule is CC1(C(=O)OC2CC3C4O[C@H]4C(C2)[N+]3(C)C)c2ccccc2-c2ccccc21. The first kappa shape index (κ1) is 16.8. The lowest BCUT2D eigenvalue weighted by Crippen LogP contribution is -2.60. The van der Waals surface area contributed by atoms with Gasteiger partial charge in [0.25, 0.3) is 0 Å². The molecule has 2 bridgehead atoms. The van der Waals surface area contributed by atoms with E-state index in [4.69, 9.17) is 9.47 Å². The van der Waals surface area contributed by atoms with Crippen LogP contribution in [0.3, 0.4) is 0 Å². The third-order valence-electron chi connectivity index (χ3n) is 7.94. The number of rotatable bonds is 2. The number of likely N-dealkylation sites (N-methyl/N-ethyl adjacent to an activating group) is 1. The second kappa shape index (κ2) is 5.25.